The number of hydrazone groups is 1. The second-order valence-corrected chi connectivity index (χ2v) is 5.83. The highest BCUT2D eigenvalue weighted by Gasteiger charge is 2.10. The fraction of sp³-hybridized carbons (Fsp3) is 0. The third kappa shape index (κ3) is 3.50. The van der Waals surface area contributed by atoms with Gasteiger partial charge in [-0.15, -0.1) is 0 Å². The molecule has 1 amide bonds. The van der Waals surface area contributed by atoms with E-state index in [1.54, 1.807) is 30.3 Å². The number of carbonyl (C=O) groups is 2. The molecule has 26 heavy (non-hydrogen) atoms. The summed E-state index contributed by atoms with van der Waals surface area (Å²) in [7, 11) is 0. The number of nitrogens with zero attached hydrogens (tertiary/aromatic N) is 1. The largest absolute Gasteiger partial charge is 0.506 e. The Hall–Kier alpha value is -3.38. The van der Waals surface area contributed by atoms with Crippen LogP contribution in [0.2, 0.25) is 5.02 Å². The van der Waals surface area contributed by atoms with Crippen LogP contribution in [0.15, 0.2) is 59.7 Å². The van der Waals surface area contributed by atoms with Gasteiger partial charge >= 0.3 is 5.97 Å². The van der Waals surface area contributed by atoms with E-state index in [2.05, 4.69) is 10.5 Å². The number of aromatic hydroxyl groups is 1. The number of phenols is 1. The molecule has 0 aliphatic heterocycles. The molecule has 0 unspecified atom stereocenters. The number of hydrogen-bond acceptors (Lipinski definition) is 4. The summed E-state index contributed by atoms with van der Waals surface area (Å²) in [5.74, 6) is -1.62. The maximum Gasteiger partial charge on any atom is 0.336 e. The van der Waals surface area contributed by atoms with Crippen LogP contribution in [-0.4, -0.2) is 28.3 Å². The minimum Gasteiger partial charge on any atom is -0.506 e. The van der Waals surface area contributed by atoms with Crippen molar-refractivity contribution in [2.45, 2.75) is 0 Å². The lowest BCUT2D eigenvalue weighted by atomic mass is 10.0. The number of aromatic carboxylic acids is 1. The molecule has 6 nitrogen and oxygen atoms in total. The molecule has 0 heterocycles. The SMILES string of the molecule is O=C(N/N=C\c1ccc(C(=O)O)c2ccccc12)c1ccc(O)c(Cl)c1. The average molecular weight is 369 g/mol. The van der Waals surface area contributed by atoms with Gasteiger partial charge in [-0.1, -0.05) is 41.9 Å². The molecule has 0 atom stereocenters. The van der Waals surface area contributed by atoms with Gasteiger partial charge in [0.2, 0.25) is 0 Å². The predicted molar refractivity (Wildman–Crippen MR) is 99.1 cm³/mol. The van der Waals surface area contributed by atoms with Gasteiger partial charge in [0.05, 0.1) is 16.8 Å². The van der Waals surface area contributed by atoms with Gasteiger partial charge in [0, 0.05) is 11.1 Å². The Labute approximate surface area is 153 Å². The second kappa shape index (κ2) is 7.25. The van der Waals surface area contributed by atoms with Crippen LogP contribution in [0.1, 0.15) is 26.3 Å². The Morgan fingerprint density at radius 1 is 1.04 bits per heavy atom. The highest BCUT2D eigenvalue weighted by atomic mass is 35.5. The van der Waals surface area contributed by atoms with Crippen molar-refractivity contribution in [1.82, 2.24) is 5.43 Å². The summed E-state index contributed by atoms with van der Waals surface area (Å²) >= 11 is 5.78. The Balaban J connectivity index is 1.85. The number of nitrogens with one attached hydrogen (secondary N) is 1. The van der Waals surface area contributed by atoms with Crippen molar-refractivity contribution in [3.05, 3.63) is 76.3 Å². The smallest absolute Gasteiger partial charge is 0.336 e. The van der Waals surface area contributed by atoms with E-state index in [0.29, 0.717) is 16.3 Å². The summed E-state index contributed by atoms with van der Waals surface area (Å²) in [5.41, 5.74) is 3.47. The van der Waals surface area contributed by atoms with E-state index in [4.69, 9.17) is 11.6 Å². The fourth-order valence-electron chi connectivity index (χ4n) is 2.49. The van der Waals surface area contributed by atoms with Gasteiger partial charge in [-0.3, -0.25) is 4.79 Å². The lowest BCUT2D eigenvalue weighted by molar-refractivity contribution is 0.0698. The van der Waals surface area contributed by atoms with Gasteiger partial charge < -0.3 is 10.2 Å². The Kier molecular flexibility index (Phi) is 4.86. The molecule has 3 aromatic rings. The molecule has 130 valence electrons. The fourth-order valence-corrected chi connectivity index (χ4v) is 2.68. The number of fused-ring (bicyclic) bond motifs is 1. The number of carbonyl (C=O) groups excluding carboxylic acids is 1. The minimum atomic E-state index is -1.01. The Morgan fingerprint density at radius 2 is 1.77 bits per heavy atom. The molecule has 0 fully saturated rings. The van der Waals surface area contributed by atoms with E-state index < -0.39 is 11.9 Å². The van der Waals surface area contributed by atoms with Crippen molar-refractivity contribution >= 4 is 40.5 Å². The van der Waals surface area contributed by atoms with Crippen molar-refractivity contribution in [3.8, 4) is 5.75 Å². The molecular formula is C19H13ClN2O4. The summed E-state index contributed by atoms with van der Waals surface area (Å²) in [6, 6.07) is 14.2. The monoisotopic (exact) mass is 368 g/mol. The molecule has 0 aromatic heterocycles. The number of hydrogen-bond donors (Lipinski definition) is 3. The topological polar surface area (TPSA) is 99.0 Å². The van der Waals surface area contributed by atoms with E-state index in [0.717, 1.165) is 0 Å². The lowest BCUT2D eigenvalue weighted by Gasteiger charge is -2.06. The van der Waals surface area contributed by atoms with Crippen LogP contribution in [0.3, 0.4) is 0 Å². The molecule has 0 radical (unpaired) electrons. The molecule has 7 heteroatoms. The third-order valence-electron chi connectivity index (χ3n) is 3.77. The number of amides is 1. The third-order valence-corrected chi connectivity index (χ3v) is 4.07. The number of carboxylic acid groups (broad SMARTS) is 1. The predicted octanol–water partition coefficient (Wildman–Crippen LogP) is 3.66. The average Bonchev–Trinajstić information content (AvgIpc) is 2.63. The first-order valence-corrected chi connectivity index (χ1v) is 7.92. The summed E-state index contributed by atoms with van der Waals surface area (Å²) in [6.07, 6.45) is 1.44. The first kappa shape index (κ1) is 17.4. The zero-order chi connectivity index (χ0) is 18.7. The van der Waals surface area contributed by atoms with Crippen molar-refractivity contribution in [3.63, 3.8) is 0 Å². The van der Waals surface area contributed by atoms with Crippen LogP contribution in [0.25, 0.3) is 10.8 Å². The van der Waals surface area contributed by atoms with Crippen LogP contribution in [0.5, 0.6) is 5.75 Å². The second-order valence-electron chi connectivity index (χ2n) is 5.42. The van der Waals surface area contributed by atoms with Crippen molar-refractivity contribution in [2.75, 3.05) is 0 Å². The molecule has 3 rings (SSSR count). The van der Waals surface area contributed by atoms with Gasteiger partial charge in [-0.2, -0.15) is 5.10 Å². The van der Waals surface area contributed by atoms with Crippen LogP contribution >= 0.6 is 11.6 Å². The lowest BCUT2D eigenvalue weighted by Crippen LogP contribution is -2.17. The van der Waals surface area contributed by atoms with E-state index in [9.17, 15) is 19.8 Å². The zero-order valence-electron chi connectivity index (χ0n) is 13.3. The number of carboxylic acids is 1. The van der Waals surface area contributed by atoms with E-state index in [-0.39, 0.29) is 21.9 Å². The quantitative estimate of drug-likeness (QED) is 0.483. The highest BCUT2D eigenvalue weighted by Crippen LogP contribution is 2.24. The van der Waals surface area contributed by atoms with Crippen LogP contribution in [0, 0.1) is 0 Å². The molecule has 0 saturated heterocycles. The van der Waals surface area contributed by atoms with Gasteiger partial charge in [0.15, 0.2) is 0 Å². The molecule has 0 aliphatic rings. The number of phenolic OH excluding ortho intramolecular Hbond substituents is 1. The molecular weight excluding hydrogens is 356 g/mol. The summed E-state index contributed by atoms with van der Waals surface area (Å²) in [4.78, 5) is 23.4. The van der Waals surface area contributed by atoms with Crippen LogP contribution in [0.4, 0.5) is 0 Å². The van der Waals surface area contributed by atoms with Gasteiger partial charge in [-0.25, -0.2) is 10.2 Å². The first-order valence-electron chi connectivity index (χ1n) is 7.54. The molecule has 3 N–H and O–H groups in total. The van der Waals surface area contributed by atoms with Crippen LogP contribution in [-0.2, 0) is 0 Å². The summed E-state index contributed by atoms with van der Waals surface area (Å²) in [6.45, 7) is 0. The number of benzene rings is 3. The maximum absolute atomic E-state index is 12.1. The molecule has 3 aromatic carbocycles. The van der Waals surface area contributed by atoms with Gasteiger partial charge in [0.25, 0.3) is 5.91 Å². The molecule has 0 spiro atoms. The van der Waals surface area contributed by atoms with Gasteiger partial charge in [-0.05, 0) is 35.0 Å². The molecule has 0 aliphatic carbocycles. The van der Waals surface area contributed by atoms with Crippen LogP contribution < -0.4 is 5.43 Å². The summed E-state index contributed by atoms with van der Waals surface area (Å²) < 4.78 is 0. The standard InChI is InChI=1S/C19H13ClN2O4/c20-16-9-11(6-8-17(16)23)18(24)22-21-10-12-5-7-15(19(25)26)14-4-2-1-3-13(12)14/h1-10,23H,(H,22,24)(H,25,26)/b21-10-. The number of rotatable bonds is 4. The Bertz CT molecular complexity index is 1050. The maximum atomic E-state index is 12.1. The van der Waals surface area contributed by atoms with Crippen molar-refractivity contribution in [2.24, 2.45) is 5.10 Å². The van der Waals surface area contributed by atoms with E-state index in [1.165, 1.54) is 30.5 Å². The van der Waals surface area contributed by atoms with Gasteiger partial charge in [0.1, 0.15) is 5.75 Å². The molecule has 0 bridgehead atoms. The number of halogens is 1. The van der Waals surface area contributed by atoms with Crippen molar-refractivity contribution in [1.29, 1.82) is 0 Å². The first-order chi connectivity index (χ1) is 12.5. The minimum absolute atomic E-state index is 0.0666. The molecule has 0 saturated carbocycles. The van der Waals surface area contributed by atoms with Crippen molar-refractivity contribution < 1.29 is 19.8 Å². The highest BCUT2D eigenvalue weighted by molar-refractivity contribution is 6.32. The summed E-state index contributed by atoms with van der Waals surface area (Å²) in [5, 5.41) is 23.9. The Morgan fingerprint density at radius 3 is 2.46 bits per heavy atom. The zero-order valence-corrected chi connectivity index (χ0v) is 14.1. The van der Waals surface area contributed by atoms with E-state index >= 15 is 0 Å². The normalized spacial score (nSPS) is 11.0. The van der Waals surface area contributed by atoms with E-state index in [1.807, 2.05) is 0 Å².